The Bertz CT molecular complexity index is 598. The van der Waals surface area contributed by atoms with Crippen molar-refractivity contribution in [3.63, 3.8) is 0 Å². The van der Waals surface area contributed by atoms with Crippen LogP contribution in [0.15, 0.2) is 38.6 Å². The van der Waals surface area contributed by atoms with Crippen molar-refractivity contribution in [2.24, 2.45) is 0 Å². The van der Waals surface area contributed by atoms with Crippen molar-refractivity contribution in [3.8, 4) is 0 Å². The zero-order chi connectivity index (χ0) is 15.4. The molecule has 0 aliphatic rings. The first-order valence-electron chi connectivity index (χ1n) is 6.98. The number of rotatable bonds is 6. The first-order chi connectivity index (χ1) is 10.0. The molecule has 0 aliphatic heterocycles. The Morgan fingerprint density at radius 3 is 2.62 bits per heavy atom. The quantitative estimate of drug-likeness (QED) is 0.642. The molecule has 1 heterocycles. The van der Waals surface area contributed by atoms with Crippen LogP contribution < -0.4 is 10.2 Å². The number of nitrogens with zero attached hydrogens (tertiary/aromatic N) is 1. The molecule has 2 rings (SSSR count). The van der Waals surface area contributed by atoms with Crippen molar-refractivity contribution < 1.29 is 0 Å². The predicted octanol–water partition coefficient (Wildman–Crippen LogP) is 5.58. The van der Waals surface area contributed by atoms with E-state index in [2.05, 4.69) is 92.6 Å². The average Bonchev–Trinajstić information content (AvgIpc) is 2.84. The van der Waals surface area contributed by atoms with Crippen molar-refractivity contribution in [3.05, 3.63) is 49.0 Å². The SMILES string of the molecule is CCNC(C)c1ccc(Br)cc1N(C)Cc1cc(Br)cs1. The summed E-state index contributed by atoms with van der Waals surface area (Å²) in [5.74, 6) is 0. The zero-order valence-corrected chi connectivity index (χ0v) is 16.5. The van der Waals surface area contributed by atoms with Gasteiger partial charge in [-0.1, -0.05) is 28.9 Å². The zero-order valence-electron chi connectivity index (χ0n) is 12.5. The standard InChI is InChI=1S/C16H20Br2N2S/c1-4-19-11(2)15-6-5-12(17)8-16(15)20(3)9-14-7-13(18)10-21-14/h5-8,10-11,19H,4,9H2,1-3H3. The lowest BCUT2D eigenvalue weighted by atomic mass is 10.1. The fourth-order valence-corrected chi connectivity index (χ4v) is 4.24. The van der Waals surface area contributed by atoms with E-state index < -0.39 is 0 Å². The number of halogens is 2. The van der Waals surface area contributed by atoms with E-state index >= 15 is 0 Å². The fourth-order valence-electron chi connectivity index (χ4n) is 2.39. The van der Waals surface area contributed by atoms with Crippen molar-refractivity contribution in [2.45, 2.75) is 26.4 Å². The van der Waals surface area contributed by atoms with E-state index in [-0.39, 0.29) is 0 Å². The summed E-state index contributed by atoms with van der Waals surface area (Å²) in [5.41, 5.74) is 2.60. The van der Waals surface area contributed by atoms with Gasteiger partial charge >= 0.3 is 0 Å². The molecule has 0 amide bonds. The summed E-state index contributed by atoms with van der Waals surface area (Å²) >= 11 is 8.90. The van der Waals surface area contributed by atoms with Crippen LogP contribution in [-0.2, 0) is 6.54 Å². The molecule has 21 heavy (non-hydrogen) atoms. The maximum absolute atomic E-state index is 3.59. The number of hydrogen-bond donors (Lipinski definition) is 1. The van der Waals surface area contributed by atoms with E-state index in [1.165, 1.54) is 16.1 Å². The van der Waals surface area contributed by atoms with Crippen LogP contribution in [0.25, 0.3) is 0 Å². The molecule has 0 fully saturated rings. The second-order valence-electron chi connectivity index (χ2n) is 5.07. The second-order valence-corrected chi connectivity index (χ2v) is 7.90. The van der Waals surface area contributed by atoms with Crippen LogP contribution in [0.5, 0.6) is 0 Å². The average molecular weight is 432 g/mol. The largest absolute Gasteiger partial charge is 0.369 e. The maximum atomic E-state index is 3.59. The highest BCUT2D eigenvalue weighted by Gasteiger charge is 2.14. The summed E-state index contributed by atoms with van der Waals surface area (Å²) in [7, 11) is 2.15. The summed E-state index contributed by atoms with van der Waals surface area (Å²) in [6.07, 6.45) is 0. The molecule has 2 nitrogen and oxygen atoms in total. The highest BCUT2D eigenvalue weighted by molar-refractivity contribution is 9.10. The topological polar surface area (TPSA) is 15.3 Å². The monoisotopic (exact) mass is 430 g/mol. The van der Waals surface area contributed by atoms with Gasteiger partial charge < -0.3 is 10.2 Å². The minimum Gasteiger partial charge on any atom is -0.369 e. The minimum absolute atomic E-state index is 0.343. The van der Waals surface area contributed by atoms with Crippen LogP contribution in [0.3, 0.4) is 0 Å². The van der Waals surface area contributed by atoms with Gasteiger partial charge in [0, 0.05) is 38.0 Å². The van der Waals surface area contributed by atoms with Gasteiger partial charge in [-0.25, -0.2) is 0 Å². The van der Waals surface area contributed by atoms with E-state index in [9.17, 15) is 0 Å². The van der Waals surface area contributed by atoms with Gasteiger partial charge in [0.25, 0.3) is 0 Å². The van der Waals surface area contributed by atoms with Crippen LogP contribution >= 0.6 is 43.2 Å². The van der Waals surface area contributed by atoms with Gasteiger partial charge in [0.05, 0.1) is 6.54 Å². The smallest absolute Gasteiger partial charge is 0.0520 e. The summed E-state index contributed by atoms with van der Waals surface area (Å²) in [6.45, 7) is 6.24. The lowest BCUT2D eigenvalue weighted by molar-refractivity contribution is 0.597. The molecule has 0 aliphatic carbocycles. The van der Waals surface area contributed by atoms with Crippen molar-refractivity contribution >= 4 is 48.9 Å². The number of benzene rings is 1. The van der Waals surface area contributed by atoms with E-state index in [1.54, 1.807) is 11.3 Å². The maximum Gasteiger partial charge on any atom is 0.0520 e. The van der Waals surface area contributed by atoms with Crippen LogP contribution in [0.4, 0.5) is 5.69 Å². The van der Waals surface area contributed by atoms with Gasteiger partial charge in [0.15, 0.2) is 0 Å². The van der Waals surface area contributed by atoms with E-state index in [0.717, 1.165) is 22.0 Å². The molecular weight excluding hydrogens is 412 g/mol. The Morgan fingerprint density at radius 1 is 1.24 bits per heavy atom. The van der Waals surface area contributed by atoms with Crippen molar-refractivity contribution in [1.29, 1.82) is 0 Å². The van der Waals surface area contributed by atoms with Gasteiger partial charge in [-0.2, -0.15) is 0 Å². The van der Waals surface area contributed by atoms with Crippen molar-refractivity contribution in [2.75, 3.05) is 18.5 Å². The Kier molecular flexibility index (Phi) is 6.29. The predicted molar refractivity (Wildman–Crippen MR) is 100 cm³/mol. The van der Waals surface area contributed by atoms with Crippen molar-refractivity contribution in [1.82, 2.24) is 5.32 Å². The molecule has 0 radical (unpaired) electrons. The minimum atomic E-state index is 0.343. The Balaban J connectivity index is 2.25. The van der Waals surface area contributed by atoms with Gasteiger partial charge in [0.1, 0.15) is 0 Å². The van der Waals surface area contributed by atoms with E-state index in [4.69, 9.17) is 0 Å². The third kappa shape index (κ3) is 4.55. The third-order valence-electron chi connectivity index (χ3n) is 3.40. The fraction of sp³-hybridized carbons (Fsp3) is 0.375. The molecule has 1 N–H and O–H groups in total. The second kappa shape index (κ2) is 7.77. The normalized spacial score (nSPS) is 12.4. The molecule has 0 saturated carbocycles. The molecule has 0 saturated heterocycles. The number of hydrogen-bond acceptors (Lipinski definition) is 3. The molecule has 1 aromatic carbocycles. The lowest BCUT2D eigenvalue weighted by Gasteiger charge is -2.25. The Hall–Kier alpha value is -0.360. The summed E-state index contributed by atoms with van der Waals surface area (Å²) < 4.78 is 2.27. The summed E-state index contributed by atoms with van der Waals surface area (Å²) in [5, 5.41) is 5.63. The van der Waals surface area contributed by atoms with Crippen LogP contribution in [0.2, 0.25) is 0 Å². The molecule has 0 bridgehead atoms. The number of thiophene rings is 1. The Labute approximate surface area is 147 Å². The summed E-state index contributed by atoms with van der Waals surface area (Å²) in [4.78, 5) is 3.66. The highest BCUT2D eigenvalue weighted by Crippen LogP contribution is 2.31. The highest BCUT2D eigenvalue weighted by atomic mass is 79.9. The molecule has 1 atom stereocenters. The molecule has 1 aromatic heterocycles. The molecule has 5 heteroatoms. The molecule has 0 spiro atoms. The van der Waals surface area contributed by atoms with Crippen LogP contribution in [0.1, 0.15) is 30.3 Å². The first kappa shape index (κ1) is 17.0. The van der Waals surface area contributed by atoms with Crippen LogP contribution in [-0.4, -0.2) is 13.6 Å². The molecule has 114 valence electrons. The lowest BCUT2D eigenvalue weighted by Crippen LogP contribution is -2.23. The third-order valence-corrected chi connectivity index (χ3v) is 5.57. The van der Waals surface area contributed by atoms with E-state index in [0.29, 0.717) is 6.04 Å². The molecule has 1 unspecified atom stereocenters. The van der Waals surface area contributed by atoms with Gasteiger partial charge in [-0.05, 0) is 53.2 Å². The van der Waals surface area contributed by atoms with Gasteiger partial charge in [0.2, 0.25) is 0 Å². The summed E-state index contributed by atoms with van der Waals surface area (Å²) in [6, 6.07) is 9.05. The first-order valence-corrected chi connectivity index (χ1v) is 9.44. The van der Waals surface area contributed by atoms with Gasteiger partial charge in [-0.15, -0.1) is 11.3 Å². The Morgan fingerprint density at radius 2 is 2.00 bits per heavy atom. The van der Waals surface area contributed by atoms with E-state index in [1.807, 2.05) is 0 Å². The molecular formula is C16H20Br2N2S. The number of nitrogens with one attached hydrogen (secondary N) is 1. The van der Waals surface area contributed by atoms with Gasteiger partial charge in [-0.3, -0.25) is 0 Å². The van der Waals surface area contributed by atoms with Crippen LogP contribution in [0, 0.1) is 0 Å². The molecule has 2 aromatic rings. The number of anilines is 1.